The van der Waals surface area contributed by atoms with Crippen LogP contribution in [0.5, 0.6) is 0 Å². The summed E-state index contributed by atoms with van der Waals surface area (Å²) >= 11 is 0. The molecule has 0 radical (unpaired) electrons. The highest BCUT2D eigenvalue weighted by Gasteiger charge is 2.27. The first-order valence-electron chi connectivity index (χ1n) is 8.20. The molecule has 2 aromatic heterocycles. The molecule has 0 saturated heterocycles. The predicted molar refractivity (Wildman–Crippen MR) is 96.5 cm³/mol. The van der Waals surface area contributed by atoms with Crippen molar-refractivity contribution < 1.29 is 4.79 Å². The highest BCUT2D eigenvalue weighted by atomic mass is 16.2. The lowest BCUT2D eigenvalue weighted by Crippen LogP contribution is -2.29. The molecule has 130 valence electrons. The summed E-state index contributed by atoms with van der Waals surface area (Å²) in [4.78, 5) is 13.4. The van der Waals surface area contributed by atoms with Gasteiger partial charge < -0.3 is 5.73 Å². The van der Waals surface area contributed by atoms with Gasteiger partial charge in [0.2, 0.25) is 0 Å². The molecule has 2 aromatic carbocycles. The van der Waals surface area contributed by atoms with Gasteiger partial charge >= 0.3 is 0 Å². The number of rotatable bonds is 4. The molecule has 0 unspecified atom stereocenters. The third kappa shape index (κ3) is 2.71. The van der Waals surface area contributed by atoms with Gasteiger partial charge in [-0.3, -0.25) is 4.79 Å². The summed E-state index contributed by atoms with van der Waals surface area (Å²) in [5.74, 6) is 0.320. The number of anilines is 1. The molecule has 0 bridgehead atoms. The van der Waals surface area contributed by atoms with Crippen LogP contribution in [-0.4, -0.2) is 35.9 Å². The highest BCUT2D eigenvalue weighted by Crippen LogP contribution is 2.24. The zero-order chi connectivity index (χ0) is 18.1. The van der Waals surface area contributed by atoms with Gasteiger partial charge in [-0.05, 0) is 29.0 Å². The van der Waals surface area contributed by atoms with E-state index in [9.17, 15) is 4.79 Å². The quantitative estimate of drug-likeness (QED) is 0.566. The van der Waals surface area contributed by atoms with Gasteiger partial charge in [0.25, 0.3) is 5.91 Å². The molecular weight excluding hydrogens is 330 g/mol. The maximum absolute atomic E-state index is 13.4. The van der Waals surface area contributed by atoms with Crippen LogP contribution in [0.25, 0.3) is 10.9 Å². The third-order valence-electron chi connectivity index (χ3n) is 4.34. The third-order valence-corrected chi connectivity index (χ3v) is 4.34. The number of tetrazole rings is 1. The standard InChI is InChI=1S/C18H17N7O/c1-12-21-22-23-24(12)16(10-13-6-3-2-4-7-13)18(26)25-17-14(11-20-25)8-5-9-15(17)19/h2-9,11,16H,10,19H2,1H3/t16-/m0/s1. The SMILES string of the molecule is Cc1nnnn1[C@@H](Cc1ccccc1)C(=O)n1ncc2cccc(N)c21. The normalized spacial score (nSPS) is 12.3. The second-order valence-electron chi connectivity index (χ2n) is 6.06. The summed E-state index contributed by atoms with van der Waals surface area (Å²) in [5.41, 5.74) is 8.18. The zero-order valence-electron chi connectivity index (χ0n) is 14.1. The number of fused-ring (bicyclic) bond motifs is 1. The number of hydrogen-bond donors (Lipinski definition) is 1. The fraction of sp³-hybridized carbons (Fsp3) is 0.167. The van der Waals surface area contributed by atoms with E-state index in [-0.39, 0.29) is 5.91 Å². The Hall–Kier alpha value is -3.55. The second-order valence-corrected chi connectivity index (χ2v) is 6.06. The van der Waals surface area contributed by atoms with Crippen molar-refractivity contribution >= 4 is 22.5 Å². The molecule has 1 atom stereocenters. The summed E-state index contributed by atoms with van der Waals surface area (Å²) in [7, 11) is 0. The fourth-order valence-corrected chi connectivity index (χ4v) is 3.06. The molecule has 0 spiro atoms. The molecule has 0 saturated carbocycles. The minimum absolute atomic E-state index is 0.239. The van der Waals surface area contributed by atoms with Gasteiger partial charge in [0, 0.05) is 11.8 Å². The average molecular weight is 347 g/mol. The molecular formula is C18H17N7O. The first-order chi connectivity index (χ1) is 12.6. The van der Waals surface area contributed by atoms with Crippen molar-refractivity contribution in [1.82, 2.24) is 30.0 Å². The Bertz CT molecular complexity index is 1070. The van der Waals surface area contributed by atoms with E-state index in [1.807, 2.05) is 42.5 Å². The van der Waals surface area contributed by atoms with Crippen molar-refractivity contribution in [3.8, 4) is 0 Å². The van der Waals surface area contributed by atoms with Crippen LogP contribution >= 0.6 is 0 Å². The Labute approximate surface area is 149 Å². The fourth-order valence-electron chi connectivity index (χ4n) is 3.06. The van der Waals surface area contributed by atoms with Crippen LogP contribution in [0.3, 0.4) is 0 Å². The van der Waals surface area contributed by atoms with Crippen LogP contribution in [0, 0.1) is 6.92 Å². The molecule has 0 amide bonds. The lowest BCUT2D eigenvalue weighted by Gasteiger charge is -2.17. The maximum Gasteiger partial charge on any atom is 0.272 e. The molecule has 8 heteroatoms. The topological polar surface area (TPSA) is 105 Å². The Morgan fingerprint density at radius 2 is 1.96 bits per heavy atom. The molecule has 0 aliphatic carbocycles. The van der Waals surface area contributed by atoms with Crippen molar-refractivity contribution in [2.24, 2.45) is 0 Å². The smallest absolute Gasteiger partial charge is 0.272 e. The number of hydrogen-bond acceptors (Lipinski definition) is 6. The number of benzene rings is 2. The monoisotopic (exact) mass is 347 g/mol. The largest absolute Gasteiger partial charge is 0.397 e. The van der Waals surface area contributed by atoms with Gasteiger partial charge in [0.1, 0.15) is 17.4 Å². The van der Waals surface area contributed by atoms with Crippen molar-refractivity contribution in [2.75, 3.05) is 5.73 Å². The van der Waals surface area contributed by atoms with Crippen molar-refractivity contribution in [2.45, 2.75) is 19.4 Å². The molecule has 0 aliphatic rings. The molecule has 8 nitrogen and oxygen atoms in total. The summed E-state index contributed by atoms with van der Waals surface area (Å²) in [6, 6.07) is 14.6. The number of nitrogens with two attached hydrogens (primary N) is 1. The Morgan fingerprint density at radius 1 is 1.15 bits per heavy atom. The summed E-state index contributed by atoms with van der Waals surface area (Å²) in [5, 5.41) is 16.7. The summed E-state index contributed by atoms with van der Waals surface area (Å²) in [6.07, 6.45) is 2.08. The number of carbonyl (C=O) groups is 1. The molecule has 2 N–H and O–H groups in total. The Kier molecular flexibility index (Phi) is 3.92. The van der Waals surface area contributed by atoms with E-state index in [1.54, 1.807) is 19.2 Å². The van der Waals surface area contributed by atoms with Gasteiger partial charge in [0.15, 0.2) is 0 Å². The number of carbonyl (C=O) groups excluding carboxylic acids is 1. The van der Waals surface area contributed by atoms with Crippen LogP contribution in [0.4, 0.5) is 5.69 Å². The zero-order valence-corrected chi connectivity index (χ0v) is 14.1. The molecule has 26 heavy (non-hydrogen) atoms. The summed E-state index contributed by atoms with van der Waals surface area (Å²) in [6.45, 7) is 1.76. The van der Waals surface area contributed by atoms with Crippen molar-refractivity contribution in [3.05, 3.63) is 66.1 Å². The van der Waals surface area contributed by atoms with E-state index in [0.717, 1.165) is 10.9 Å². The van der Waals surface area contributed by atoms with E-state index in [1.165, 1.54) is 9.36 Å². The van der Waals surface area contributed by atoms with Gasteiger partial charge in [-0.2, -0.15) is 9.78 Å². The highest BCUT2D eigenvalue weighted by molar-refractivity contribution is 5.98. The van der Waals surface area contributed by atoms with Gasteiger partial charge in [-0.15, -0.1) is 5.10 Å². The number of para-hydroxylation sites is 1. The maximum atomic E-state index is 13.4. The minimum Gasteiger partial charge on any atom is -0.397 e. The average Bonchev–Trinajstić information content (AvgIpc) is 3.27. The van der Waals surface area contributed by atoms with E-state index in [2.05, 4.69) is 20.6 Å². The minimum atomic E-state index is -0.630. The first kappa shape index (κ1) is 15.9. The Morgan fingerprint density at radius 3 is 2.69 bits per heavy atom. The van der Waals surface area contributed by atoms with Crippen LogP contribution in [0.2, 0.25) is 0 Å². The summed E-state index contributed by atoms with van der Waals surface area (Å²) < 4.78 is 2.88. The molecule has 0 fully saturated rings. The van der Waals surface area contributed by atoms with E-state index in [4.69, 9.17) is 5.73 Å². The number of nitrogens with zero attached hydrogens (tertiary/aromatic N) is 6. The second kappa shape index (κ2) is 6.40. The van der Waals surface area contributed by atoms with Crippen LogP contribution in [0.15, 0.2) is 54.7 Å². The van der Waals surface area contributed by atoms with Gasteiger partial charge in [-0.1, -0.05) is 42.5 Å². The van der Waals surface area contributed by atoms with Crippen LogP contribution < -0.4 is 5.73 Å². The van der Waals surface area contributed by atoms with Crippen molar-refractivity contribution in [1.29, 1.82) is 0 Å². The van der Waals surface area contributed by atoms with E-state index >= 15 is 0 Å². The number of aryl methyl sites for hydroxylation is 1. The van der Waals surface area contributed by atoms with Gasteiger partial charge in [0.05, 0.1) is 11.9 Å². The van der Waals surface area contributed by atoms with Crippen LogP contribution in [0.1, 0.15) is 22.2 Å². The number of aromatic nitrogens is 6. The van der Waals surface area contributed by atoms with Crippen LogP contribution in [-0.2, 0) is 6.42 Å². The van der Waals surface area contributed by atoms with Crippen molar-refractivity contribution in [3.63, 3.8) is 0 Å². The lowest BCUT2D eigenvalue weighted by molar-refractivity contribution is 0.0817. The first-order valence-corrected chi connectivity index (χ1v) is 8.20. The predicted octanol–water partition coefficient (Wildman–Crippen LogP) is 2.04. The lowest BCUT2D eigenvalue weighted by atomic mass is 10.1. The molecule has 0 aliphatic heterocycles. The molecule has 2 heterocycles. The Balaban J connectivity index is 1.80. The van der Waals surface area contributed by atoms with E-state index < -0.39 is 6.04 Å². The number of nitrogen functional groups attached to an aromatic ring is 1. The molecule has 4 aromatic rings. The van der Waals surface area contributed by atoms with Gasteiger partial charge in [-0.25, -0.2) is 4.68 Å². The molecule has 4 rings (SSSR count). The van der Waals surface area contributed by atoms with E-state index in [0.29, 0.717) is 23.4 Å².